The lowest BCUT2D eigenvalue weighted by molar-refractivity contribution is 0.0434. The molecule has 1 atom stereocenters. The molecule has 8 nitrogen and oxygen atoms in total. The Hall–Kier alpha value is -2.68. The summed E-state index contributed by atoms with van der Waals surface area (Å²) in [6, 6.07) is 11.6. The van der Waals surface area contributed by atoms with Crippen LogP contribution in [0.15, 0.2) is 36.4 Å². The number of ether oxygens (including phenoxy) is 5. The summed E-state index contributed by atoms with van der Waals surface area (Å²) < 4.78 is 27.4. The molecular formula is C23H30N2O6. The van der Waals surface area contributed by atoms with Crippen LogP contribution >= 0.6 is 0 Å². The Balaban J connectivity index is 1.22. The smallest absolute Gasteiger partial charge is 0.231 e. The van der Waals surface area contributed by atoms with Gasteiger partial charge in [-0.15, -0.1) is 0 Å². The van der Waals surface area contributed by atoms with E-state index in [0.29, 0.717) is 30.6 Å². The van der Waals surface area contributed by atoms with Gasteiger partial charge in [-0.05, 0) is 29.8 Å². The fourth-order valence-corrected chi connectivity index (χ4v) is 3.92. The van der Waals surface area contributed by atoms with Crippen molar-refractivity contribution in [2.75, 3.05) is 60.3 Å². The van der Waals surface area contributed by atoms with Crippen LogP contribution in [-0.4, -0.2) is 81.4 Å². The SMILES string of the molecule is COc1cccc(OC)c1OC[C@H](O)CN1CCN(Cc2ccc3c(c2)OCO3)CC1. The standard InChI is InChI=1S/C23H30N2O6/c1-27-20-4-3-5-21(28-2)23(20)29-15-18(26)14-25-10-8-24(9-11-25)13-17-6-7-19-22(12-17)31-16-30-19/h3-7,12,18,26H,8-11,13-16H2,1-2H3/t18-/m1/s1. The Morgan fingerprint density at radius 3 is 2.32 bits per heavy atom. The zero-order valence-corrected chi connectivity index (χ0v) is 18.1. The second-order valence-electron chi connectivity index (χ2n) is 7.72. The average molecular weight is 431 g/mol. The van der Waals surface area contributed by atoms with Gasteiger partial charge in [0.2, 0.25) is 12.5 Å². The van der Waals surface area contributed by atoms with Crippen LogP contribution in [0.25, 0.3) is 0 Å². The van der Waals surface area contributed by atoms with Crippen LogP contribution in [0, 0.1) is 0 Å². The van der Waals surface area contributed by atoms with E-state index in [9.17, 15) is 5.11 Å². The molecule has 2 aromatic carbocycles. The van der Waals surface area contributed by atoms with E-state index in [4.69, 9.17) is 23.7 Å². The molecule has 1 fully saturated rings. The van der Waals surface area contributed by atoms with Crippen molar-refractivity contribution in [1.29, 1.82) is 0 Å². The van der Waals surface area contributed by atoms with E-state index < -0.39 is 6.10 Å². The van der Waals surface area contributed by atoms with E-state index in [0.717, 1.165) is 44.2 Å². The Bertz CT molecular complexity index is 847. The van der Waals surface area contributed by atoms with Crippen molar-refractivity contribution < 1.29 is 28.8 Å². The maximum atomic E-state index is 10.5. The summed E-state index contributed by atoms with van der Waals surface area (Å²) in [5, 5.41) is 10.5. The molecule has 0 unspecified atom stereocenters. The summed E-state index contributed by atoms with van der Waals surface area (Å²) in [6.07, 6.45) is -0.602. The van der Waals surface area contributed by atoms with Gasteiger partial charge in [-0.2, -0.15) is 0 Å². The minimum Gasteiger partial charge on any atom is -0.493 e. The third-order valence-electron chi connectivity index (χ3n) is 5.58. The number of hydrogen-bond donors (Lipinski definition) is 1. The number of nitrogens with zero attached hydrogens (tertiary/aromatic N) is 2. The highest BCUT2D eigenvalue weighted by molar-refractivity contribution is 5.51. The Labute approximate surface area is 182 Å². The molecule has 0 radical (unpaired) electrons. The van der Waals surface area contributed by atoms with E-state index in [1.165, 1.54) is 5.56 Å². The molecule has 4 rings (SSSR count). The number of hydrogen-bond acceptors (Lipinski definition) is 8. The predicted molar refractivity (Wildman–Crippen MR) is 115 cm³/mol. The number of aliphatic hydroxyl groups excluding tert-OH is 1. The summed E-state index contributed by atoms with van der Waals surface area (Å²) in [4.78, 5) is 4.68. The van der Waals surface area contributed by atoms with E-state index in [2.05, 4.69) is 21.9 Å². The summed E-state index contributed by atoms with van der Waals surface area (Å²) in [5.74, 6) is 3.33. The topological polar surface area (TPSA) is 72.9 Å². The van der Waals surface area contributed by atoms with Gasteiger partial charge in [0.05, 0.1) is 14.2 Å². The van der Waals surface area contributed by atoms with Crippen molar-refractivity contribution in [3.05, 3.63) is 42.0 Å². The van der Waals surface area contributed by atoms with Crippen LogP contribution in [-0.2, 0) is 6.54 Å². The highest BCUT2D eigenvalue weighted by Crippen LogP contribution is 2.37. The summed E-state index contributed by atoms with van der Waals surface area (Å²) >= 11 is 0. The van der Waals surface area contributed by atoms with Crippen LogP contribution < -0.4 is 23.7 Å². The maximum Gasteiger partial charge on any atom is 0.231 e. The van der Waals surface area contributed by atoms with Crippen LogP contribution in [0.2, 0.25) is 0 Å². The molecule has 0 aromatic heterocycles. The van der Waals surface area contributed by atoms with Gasteiger partial charge in [-0.1, -0.05) is 12.1 Å². The minimum absolute atomic E-state index is 0.175. The quantitative estimate of drug-likeness (QED) is 0.648. The molecule has 31 heavy (non-hydrogen) atoms. The molecule has 2 aliphatic rings. The molecule has 0 saturated carbocycles. The number of fused-ring (bicyclic) bond motifs is 1. The number of β-amino-alcohol motifs (C(OH)–C–C–N with tert-alkyl or cyclic N) is 1. The molecule has 1 N–H and O–H groups in total. The summed E-state index contributed by atoms with van der Waals surface area (Å²) in [6.45, 7) is 5.62. The number of piperazine rings is 1. The molecule has 2 heterocycles. The number of benzene rings is 2. The van der Waals surface area contributed by atoms with Gasteiger partial charge in [0.25, 0.3) is 0 Å². The van der Waals surface area contributed by atoms with Gasteiger partial charge in [-0.3, -0.25) is 9.80 Å². The first-order valence-electron chi connectivity index (χ1n) is 10.5. The molecule has 1 saturated heterocycles. The first-order valence-corrected chi connectivity index (χ1v) is 10.5. The Morgan fingerprint density at radius 1 is 0.935 bits per heavy atom. The van der Waals surface area contributed by atoms with Crippen LogP contribution in [0.3, 0.4) is 0 Å². The van der Waals surface area contributed by atoms with E-state index in [1.807, 2.05) is 24.3 Å². The Kier molecular flexibility index (Phi) is 7.01. The second kappa shape index (κ2) is 10.1. The van der Waals surface area contributed by atoms with Gasteiger partial charge >= 0.3 is 0 Å². The Morgan fingerprint density at radius 2 is 1.61 bits per heavy atom. The number of rotatable bonds is 9. The molecule has 0 amide bonds. The number of aliphatic hydroxyl groups is 1. The number of methoxy groups -OCH3 is 2. The van der Waals surface area contributed by atoms with Crippen molar-refractivity contribution in [3.63, 3.8) is 0 Å². The van der Waals surface area contributed by atoms with Gasteiger partial charge in [-0.25, -0.2) is 0 Å². The predicted octanol–water partition coefficient (Wildman–Crippen LogP) is 1.99. The second-order valence-corrected chi connectivity index (χ2v) is 7.72. The lowest BCUT2D eigenvalue weighted by Crippen LogP contribution is -2.48. The van der Waals surface area contributed by atoms with Crippen molar-refractivity contribution >= 4 is 0 Å². The van der Waals surface area contributed by atoms with Crippen molar-refractivity contribution in [2.45, 2.75) is 12.6 Å². The lowest BCUT2D eigenvalue weighted by Gasteiger charge is -2.35. The van der Waals surface area contributed by atoms with E-state index >= 15 is 0 Å². The van der Waals surface area contributed by atoms with E-state index in [1.54, 1.807) is 14.2 Å². The normalized spacial score (nSPS) is 17.4. The lowest BCUT2D eigenvalue weighted by atomic mass is 10.1. The fourth-order valence-electron chi connectivity index (χ4n) is 3.92. The molecule has 8 heteroatoms. The highest BCUT2D eigenvalue weighted by atomic mass is 16.7. The van der Waals surface area contributed by atoms with Crippen molar-refractivity contribution in [1.82, 2.24) is 9.80 Å². The van der Waals surface area contributed by atoms with Gasteiger partial charge in [0.1, 0.15) is 12.7 Å². The summed E-state index contributed by atoms with van der Waals surface area (Å²) in [5.41, 5.74) is 1.22. The molecular weight excluding hydrogens is 400 g/mol. The van der Waals surface area contributed by atoms with Gasteiger partial charge in [0.15, 0.2) is 23.0 Å². The first-order chi connectivity index (χ1) is 15.2. The van der Waals surface area contributed by atoms with Crippen molar-refractivity contribution in [3.8, 4) is 28.7 Å². The van der Waals surface area contributed by atoms with E-state index in [-0.39, 0.29) is 6.61 Å². The zero-order chi connectivity index (χ0) is 21.6. The maximum absolute atomic E-state index is 10.5. The molecule has 0 bridgehead atoms. The summed E-state index contributed by atoms with van der Waals surface area (Å²) in [7, 11) is 3.17. The largest absolute Gasteiger partial charge is 0.493 e. The molecule has 168 valence electrons. The number of para-hydroxylation sites is 1. The van der Waals surface area contributed by atoms with Crippen molar-refractivity contribution in [2.24, 2.45) is 0 Å². The van der Waals surface area contributed by atoms with Crippen LogP contribution in [0.1, 0.15) is 5.56 Å². The van der Waals surface area contributed by atoms with Crippen LogP contribution in [0.5, 0.6) is 28.7 Å². The molecule has 0 spiro atoms. The highest BCUT2D eigenvalue weighted by Gasteiger charge is 2.21. The van der Waals surface area contributed by atoms with Gasteiger partial charge < -0.3 is 28.8 Å². The fraction of sp³-hybridized carbons (Fsp3) is 0.478. The zero-order valence-electron chi connectivity index (χ0n) is 18.1. The molecule has 2 aromatic rings. The molecule has 0 aliphatic carbocycles. The third kappa shape index (κ3) is 5.33. The van der Waals surface area contributed by atoms with Crippen LogP contribution in [0.4, 0.5) is 0 Å². The first kappa shape index (κ1) is 21.5. The third-order valence-corrected chi connectivity index (χ3v) is 5.58. The average Bonchev–Trinajstić information content (AvgIpc) is 3.26. The minimum atomic E-state index is -0.602. The molecule has 2 aliphatic heterocycles. The van der Waals surface area contributed by atoms with Gasteiger partial charge in [0, 0.05) is 39.3 Å². The monoisotopic (exact) mass is 430 g/mol.